The molecule has 1 amide bonds. The van der Waals surface area contributed by atoms with Gasteiger partial charge in [0.25, 0.3) is 0 Å². The van der Waals surface area contributed by atoms with Gasteiger partial charge in [-0.15, -0.1) is 0 Å². The number of carbonyl (C=O) groups is 1. The van der Waals surface area contributed by atoms with E-state index in [4.69, 9.17) is 18.9 Å². The van der Waals surface area contributed by atoms with E-state index in [1.807, 2.05) is 35.2 Å². The molecule has 180 valence electrons. The maximum Gasteiger partial charge on any atom is 0.226 e. The fourth-order valence-electron chi connectivity index (χ4n) is 4.75. The fraction of sp³-hybridized carbons (Fsp3) is 0.519. The number of carbonyl (C=O) groups excluding carboxylic acids is 1. The van der Waals surface area contributed by atoms with E-state index in [0.29, 0.717) is 29.5 Å². The normalized spacial score (nSPS) is 16.1. The largest absolute Gasteiger partial charge is 0.493 e. The molecule has 2 aromatic carbocycles. The van der Waals surface area contributed by atoms with Crippen molar-refractivity contribution >= 4 is 5.91 Å². The van der Waals surface area contributed by atoms with Crippen LogP contribution in [0.4, 0.5) is 0 Å². The summed E-state index contributed by atoms with van der Waals surface area (Å²) in [5.41, 5.74) is 3.21. The number of rotatable bonds is 10. The van der Waals surface area contributed by atoms with Crippen LogP contribution in [0, 0.1) is 5.92 Å². The molecule has 0 spiro atoms. The second-order valence-corrected chi connectivity index (χ2v) is 8.45. The van der Waals surface area contributed by atoms with Crippen molar-refractivity contribution < 1.29 is 23.7 Å². The van der Waals surface area contributed by atoms with Crippen molar-refractivity contribution in [3.8, 4) is 23.0 Å². The van der Waals surface area contributed by atoms with Crippen LogP contribution in [0.2, 0.25) is 0 Å². The van der Waals surface area contributed by atoms with E-state index in [0.717, 1.165) is 48.8 Å². The Morgan fingerprint density at radius 1 is 0.939 bits per heavy atom. The number of nitrogens with zero attached hydrogens (tertiary/aromatic N) is 1. The van der Waals surface area contributed by atoms with Gasteiger partial charge in [0.2, 0.25) is 5.91 Å². The van der Waals surface area contributed by atoms with Crippen molar-refractivity contribution in [2.75, 3.05) is 35.0 Å². The number of unbranched alkanes of at least 4 members (excludes halogenated alkanes) is 1. The second kappa shape index (κ2) is 11.3. The molecule has 6 heteroatoms. The third-order valence-corrected chi connectivity index (χ3v) is 6.63. The van der Waals surface area contributed by atoms with Gasteiger partial charge >= 0.3 is 0 Å². The third kappa shape index (κ3) is 5.05. The summed E-state index contributed by atoms with van der Waals surface area (Å²) in [4.78, 5) is 15.8. The van der Waals surface area contributed by atoms with Crippen LogP contribution in [0.5, 0.6) is 23.0 Å². The zero-order valence-corrected chi connectivity index (χ0v) is 20.8. The highest BCUT2D eigenvalue weighted by Gasteiger charge is 2.36. The maximum absolute atomic E-state index is 13.8. The Kier molecular flexibility index (Phi) is 8.48. The zero-order valence-electron chi connectivity index (χ0n) is 20.8. The lowest BCUT2D eigenvalue weighted by Gasteiger charge is -2.40. The lowest BCUT2D eigenvalue weighted by Crippen LogP contribution is -2.43. The van der Waals surface area contributed by atoms with E-state index < -0.39 is 0 Å². The van der Waals surface area contributed by atoms with E-state index in [1.54, 1.807) is 28.4 Å². The standard InChI is InChI=1S/C27H37NO5/c1-7-9-10-18(8-2)27(29)28-14-13-19-15-24(32-5)25(33-6)17-21(19)26(28)20-11-12-22(30-3)23(16-20)31-4/h11-12,15-18,26H,7-10,13-14H2,1-6H3/t18-,26-/m1/s1. The molecule has 0 bridgehead atoms. The van der Waals surface area contributed by atoms with E-state index in [1.165, 1.54) is 0 Å². The average molecular weight is 456 g/mol. The molecule has 1 aliphatic heterocycles. The van der Waals surface area contributed by atoms with Crippen LogP contribution >= 0.6 is 0 Å². The van der Waals surface area contributed by atoms with Crippen LogP contribution in [0.1, 0.15) is 62.3 Å². The number of benzene rings is 2. The van der Waals surface area contributed by atoms with Gasteiger partial charge in [-0.05, 0) is 60.2 Å². The monoisotopic (exact) mass is 455 g/mol. The molecule has 6 nitrogen and oxygen atoms in total. The topological polar surface area (TPSA) is 57.2 Å². The van der Waals surface area contributed by atoms with E-state index >= 15 is 0 Å². The lowest BCUT2D eigenvalue weighted by atomic mass is 9.85. The van der Waals surface area contributed by atoms with Crippen LogP contribution < -0.4 is 18.9 Å². The Balaban J connectivity index is 2.14. The molecule has 1 heterocycles. The van der Waals surface area contributed by atoms with Crippen molar-refractivity contribution in [3.05, 3.63) is 47.0 Å². The number of ether oxygens (including phenoxy) is 4. The third-order valence-electron chi connectivity index (χ3n) is 6.63. The van der Waals surface area contributed by atoms with Crippen molar-refractivity contribution in [1.82, 2.24) is 4.90 Å². The first-order valence-corrected chi connectivity index (χ1v) is 11.8. The highest BCUT2D eigenvalue weighted by Crippen LogP contribution is 2.43. The quantitative estimate of drug-likeness (QED) is 0.479. The minimum Gasteiger partial charge on any atom is -0.493 e. The summed E-state index contributed by atoms with van der Waals surface area (Å²) in [6.45, 7) is 4.93. The Morgan fingerprint density at radius 2 is 1.58 bits per heavy atom. The predicted octanol–water partition coefficient (Wildman–Crippen LogP) is 5.41. The van der Waals surface area contributed by atoms with Crippen LogP contribution in [-0.4, -0.2) is 45.8 Å². The molecule has 0 fully saturated rings. The van der Waals surface area contributed by atoms with E-state index in [9.17, 15) is 4.79 Å². The lowest BCUT2D eigenvalue weighted by molar-refractivity contribution is -0.138. The van der Waals surface area contributed by atoms with E-state index in [2.05, 4.69) is 13.8 Å². The zero-order chi connectivity index (χ0) is 24.0. The Labute approximate surface area is 197 Å². The highest BCUT2D eigenvalue weighted by molar-refractivity contribution is 5.80. The molecular weight excluding hydrogens is 418 g/mol. The number of methoxy groups -OCH3 is 4. The van der Waals surface area contributed by atoms with Crippen LogP contribution in [-0.2, 0) is 11.2 Å². The molecule has 0 radical (unpaired) electrons. The Bertz CT molecular complexity index is 958. The van der Waals surface area contributed by atoms with Gasteiger partial charge in [0.15, 0.2) is 23.0 Å². The summed E-state index contributed by atoms with van der Waals surface area (Å²) in [5, 5.41) is 0. The van der Waals surface area contributed by atoms with Gasteiger partial charge < -0.3 is 23.8 Å². The molecule has 0 aliphatic carbocycles. The van der Waals surface area contributed by atoms with Gasteiger partial charge in [0.1, 0.15) is 0 Å². The molecule has 0 saturated carbocycles. The number of fused-ring (bicyclic) bond motifs is 1. The first kappa shape index (κ1) is 24.7. The van der Waals surface area contributed by atoms with Gasteiger partial charge in [0.05, 0.1) is 34.5 Å². The molecule has 0 N–H and O–H groups in total. The van der Waals surface area contributed by atoms with Crippen molar-refractivity contribution in [1.29, 1.82) is 0 Å². The van der Waals surface area contributed by atoms with Crippen LogP contribution in [0.25, 0.3) is 0 Å². The van der Waals surface area contributed by atoms with Gasteiger partial charge in [-0.25, -0.2) is 0 Å². The van der Waals surface area contributed by atoms with Gasteiger partial charge in [-0.2, -0.15) is 0 Å². The second-order valence-electron chi connectivity index (χ2n) is 8.45. The fourth-order valence-corrected chi connectivity index (χ4v) is 4.75. The summed E-state index contributed by atoms with van der Waals surface area (Å²) in [6.07, 6.45) is 4.67. The SMILES string of the molecule is CCCC[C@@H](CC)C(=O)N1CCc2cc(OC)c(OC)cc2[C@H]1c1ccc(OC)c(OC)c1. The van der Waals surface area contributed by atoms with Crippen LogP contribution in [0.3, 0.4) is 0 Å². The van der Waals surface area contributed by atoms with Gasteiger partial charge in [-0.3, -0.25) is 4.79 Å². The summed E-state index contributed by atoms with van der Waals surface area (Å²) < 4.78 is 22.2. The summed E-state index contributed by atoms with van der Waals surface area (Å²) in [7, 11) is 6.54. The molecule has 2 atom stereocenters. The molecule has 0 saturated heterocycles. The molecule has 1 aliphatic rings. The maximum atomic E-state index is 13.8. The highest BCUT2D eigenvalue weighted by atomic mass is 16.5. The molecule has 0 aromatic heterocycles. The average Bonchev–Trinajstić information content (AvgIpc) is 2.86. The molecule has 0 unspecified atom stereocenters. The van der Waals surface area contributed by atoms with Gasteiger partial charge in [0, 0.05) is 12.5 Å². The number of hydrogen-bond donors (Lipinski definition) is 0. The molecular formula is C27H37NO5. The van der Waals surface area contributed by atoms with E-state index in [-0.39, 0.29) is 17.9 Å². The first-order chi connectivity index (χ1) is 16.0. The Morgan fingerprint density at radius 3 is 2.18 bits per heavy atom. The van der Waals surface area contributed by atoms with Gasteiger partial charge in [-0.1, -0.05) is 32.8 Å². The first-order valence-electron chi connectivity index (χ1n) is 11.8. The number of hydrogen-bond acceptors (Lipinski definition) is 5. The smallest absolute Gasteiger partial charge is 0.226 e. The molecule has 33 heavy (non-hydrogen) atoms. The summed E-state index contributed by atoms with van der Waals surface area (Å²) in [6, 6.07) is 9.71. The van der Waals surface area contributed by atoms with Crippen molar-refractivity contribution in [2.24, 2.45) is 5.92 Å². The predicted molar refractivity (Wildman–Crippen MR) is 130 cm³/mol. The van der Waals surface area contributed by atoms with Crippen molar-refractivity contribution in [2.45, 2.75) is 52.0 Å². The minimum atomic E-state index is -0.239. The van der Waals surface area contributed by atoms with Crippen molar-refractivity contribution in [3.63, 3.8) is 0 Å². The molecule has 2 aromatic rings. The Hall–Kier alpha value is -2.89. The summed E-state index contributed by atoms with van der Waals surface area (Å²) >= 11 is 0. The minimum absolute atomic E-state index is 0.0225. The molecule has 3 rings (SSSR count). The number of amides is 1. The summed E-state index contributed by atoms with van der Waals surface area (Å²) in [5.74, 6) is 2.91. The van der Waals surface area contributed by atoms with Crippen LogP contribution in [0.15, 0.2) is 30.3 Å².